The number of carbonyl (C=O) groups excluding carboxylic acids is 1. The third-order valence-electron chi connectivity index (χ3n) is 3.18. The predicted octanol–water partition coefficient (Wildman–Crippen LogP) is -0.258. The Morgan fingerprint density at radius 2 is 2.48 bits per heavy atom. The molecule has 1 fully saturated rings. The average molecular weight is 362 g/mol. The molecule has 0 radical (unpaired) electrons. The number of aliphatic hydroxyl groups is 1. The summed E-state index contributed by atoms with van der Waals surface area (Å²) in [4.78, 5) is 23.2. The molecule has 1 aromatic rings. The van der Waals surface area contributed by atoms with Gasteiger partial charge in [-0.2, -0.15) is 5.10 Å². The zero-order chi connectivity index (χ0) is 15.5. The zero-order valence-electron chi connectivity index (χ0n) is 11.5. The van der Waals surface area contributed by atoms with E-state index in [1.54, 1.807) is 0 Å². The van der Waals surface area contributed by atoms with Crippen LogP contribution in [0.2, 0.25) is 0 Å². The van der Waals surface area contributed by atoms with Crippen LogP contribution in [-0.2, 0) is 20.8 Å². The van der Waals surface area contributed by atoms with Crippen molar-refractivity contribution in [3.63, 3.8) is 0 Å². The molecule has 1 aliphatic heterocycles. The standard InChI is InChI=1S/C12H16BrN3O5/c1-20-9(17)5-16-11(18)10(13)8(4-15-16)14-6-12(19)2-3-21-7-12/h4,14,19H,2-3,5-7H2,1H3. The number of ether oxygens (including phenoxy) is 2. The number of methoxy groups -OCH3 is 1. The summed E-state index contributed by atoms with van der Waals surface area (Å²) in [5, 5.41) is 17.0. The maximum Gasteiger partial charge on any atom is 0.327 e. The van der Waals surface area contributed by atoms with Crippen molar-refractivity contribution in [3.05, 3.63) is 21.0 Å². The van der Waals surface area contributed by atoms with Crippen LogP contribution in [0, 0.1) is 0 Å². The fraction of sp³-hybridized carbons (Fsp3) is 0.583. The highest BCUT2D eigenvalue weighted by Gasteiger charge is 2.32. The Kier molecular flexibility index (Phi) is 4.96. The minimum Gasteiger partial charge on any atom is -0.468 e. The summed E-state index contributed by atoms with van der Waals surface area (Å²) >= 11 is 3.17. The number of esters is 1. The molecule has 8 nitrogen and oxygen atoms in total. The number of hydrogen-bond donors (Lipinski definition) is 2. The van der Waals surface area contributed by atoms with E-state index in [2.05, 4.69) is 31.1 Å². The van der Waals surface area contributed by atoms with E-state index >= 15 is 0 Å². The number of nitrogens with zero attached hydrogens (tertiary/aromatic N) is 2. The third-order valence-corrected chi connectivity index (χ3v) is 3.95. The van der Waals surface area contributed by atoms with Crippen LogP contribution in [0.5, 0.6) is 0 Å². The highest BCUT2D eigenvalue weighted by molar-refractivity contribution is 9.10. The highest BCUT2D eigenvalue weighted by atomic mass is 79.9. The fourth-order valence-electron chi connectivity index (χ4n) is 1.88. The molecule has 2 N–H and O–H groups in total. The fourth-order valence-corrected chi connectivity index (χ4v) is 2.33. The number of carbonyl (C=O) groups is 1. The van der Waals surface area contributed by atoms with Crippen LogP contribution in [0.4, 0.5) is 5.69 Å². The molecule has 0 saturated carbocycles. The summed E-state index contributed by atoms with van der Waals surface area (Å²) in [6, 6.07) is 0. The van der Waals surface area contributed by atoms with Gasteiger partial charge in [0.15, 0.2) is 0 Å². The van der Waals surface area contributed by atoms with Crippen molar-refractivity contribution in [2.75, 3.05) is 32.2 Å². The van der Waals surface area contributed by atoms with E-state index in [1.807, 2.05) is 0 Å². The van der Waals surface area contributed by atoms with Crippen LogP contribution in [0.15, 0.2) is 15.5 Å². The van der Waals surface area contributed by atoms with Gasteiger partial charge in [0.05, 0.1) is 25.6 Å². The second kappa shape index (κ2) is 6.54. The van der Waals surface area contributed by atoms with Crippen molar-refractivity contribution >= 4 is 27.6 Å². The van der Waals surface area contributed by atoms with Crippen molar-refractivity contribution in [1.29, 1.82) is 0 Å². The van der Waals surface area contributed by atoms with Gasteiger partial charge in [-0.25, -0.2) is 4.68 Å². The summed E-state index contributed by atoms with van der Waals surface area (Å²) in [5.74, 6) is -0.561. The third kappa shape index (κ3) is 3.80. The second-order valence-electron chi connectivity index (χ2n) is 4.79. The van der Waals surface area contributed by atoms with Gasteiger partial charge in [-0.3, -0.25) is 9.59 Å². The largest absolute Gasteiger partial charge is 0.468 e. The molecular formula is C12H16BrN3O5. The minimum absolute atomic E-state index is 0.240. The first-order chi connectivity index (χ1) is 9.95. The van der Waals surface area contributed by atoms with Crippen LogP contribution in [0.3, 0.4) is 0 Å². The number of aromatic nitrogens is 2. The molecule has 9 heteroatoms. The summed E-state index contributed by atoms with van der Waals surface area (Å²) in [6.45, 7) is 0.752. The molecule has 116 valence electrons. The van der Waals surface area contributed by atoms with E-state index in [-0.39, 0.29) is 24.2 Å². The average Bonchev–Trinajstić information content (AvgIpc) is 2.90. The quantitative estimate of drug-likeness (QED) is 0.696. The summed E-state index contributed by atoms with van der Waals surface area (Å²) < 4.78 is 10.9. The van der Waals surface area contributed by atoms with Crippen molar-refractivity contribution in [3.8, 4) is 0 Å². The van der Waals surface area contributed by atoms with Crippen LogP contribution in [0.1, 0.15) is 6.42 Å². The Balaban J connectivity index is 2.09. The van der Waals surface area contributed by atoms with E-state index in [0.717, 1.165) is 4.68 Å². The normalized spacial score (nSPS) is 21.3. The van der Waals surface area contributed by atoms with E-state index < -0.39 is 17.1 Å². The topological polar surface area (TPSA) is 103 Å². The lowest BCUT2D eigenvalue weighted by atomic mass is 10.0. The first-order valence-electron chi connectivity index (χ1n) is 6.32. The molecule has 1 aromatic heterocycles. The van der Waals surface area contributed by atoms with Gasteiger partial charge in [-0.15, -0.1) is 0 Å². The van der Waals surface area contributed by atoms with Gasteiger partial charge in [0.1, 0.15) is 16.6 Å². The molecule has 1 aliphatic rings. The molecule has 1 atom stereocenters. The van der Waals surface area contributed by atoms with Crippen molar-refractivity contribution in [2.24, 2.45) is 0 Å². The molecule has 1 saturated heterocycles. The Hall–Kier alpha value is -1.45. The first kappa shape index (κ1) is 15.9. The summed E-state index contributed by atoms with van der Waals surface area (Å²) in [6.07, 6.45) is 1.94. The van der Waals surface area contributed by atoms with Gasteiger partial charge in [0.25, 0.3) is 5.56 Å². The highest BCUT2D eigenvalue weighted by Crippen LogP contribution is 2.21. The maximum absolute atomic E-state index is 12.0. The molecule has 0 aromatic carbocycles. The van der Waals surface area contributed by atoms with Gasteiger partial charge in [-0.1, -0.05) is 0 Å². The molecule has 0 spiro atoms. The number of halogens is 1. The Morgan fingerprint density at radius 3 is 3.10 bits per heavy atom. The Morgan fingerprint density at radius 1 is 1.71 bits per heavy atom. The number of hydrogen-bond acceptors (Lipinski definition) is 7. The van der Waals surface area contributed by atoms with Gasteiger partial charge >= 0.3 is 5.97 Å². The maximum atomic E-state index is 12.0. The van der Waals surface area contributed by atoms with Crippen molar-refractivity contribution in [2.45, 2.75) is 18.6 Å². The van der Waals surface area contributed by atoms with Crippen LogP contribution in [0.25, 0.3) is 0 Å². The second-order valence-corrected chi connectivity index (χ2v) is 5.58. The molecule has 0 amide bonds. The summed E-state index contributed by atoms with van der Waals surface area (Å²) in [7, 11) is 1.24. The first-order valence-corrected chi connectivity index (χ1v) is 7.11. The van der Waals surface area contributed by atoms with Crippen LogP contribution < -0.4 is 10.9 Å². The number of rotatable bonds is 5. The summed E-state index contributed by atoms with van der Waals surface area (Å²) in [5.41, 5.74) is -0.957. The molecule has 2 rings (SSSR count). The molecular weight excluding hydrogens is 346 g/mol. The minimum atomic E-state index is -0.944. The van der Waals surface area contributed by atoms with E-state index in [4.69, 9.17) is 4.74 Å². The van der Waals surface area contributed by atoms with Crippen LogP contribution in [-0.4, -0.2) is 53.3 Å². The van der Waals surface area contributed by atoms with Gasteiger partial charge in [-0.05, 0) is 15.9 Å². The van der Waals surface area contributed by atoms with Gasteiger partial charge in [0.2, 0.25) is 0 Å². The Bertz CT molecular complexity index is 583. The molecule has 21 heavy (non-hydrogen) atoms. The zero-order valence-corrected chi connectivity index (χ0v) is 13.1. The van der Waals surface area contributed by atoms with E-state index in [9.17, 15) is 14.7 Å². The Labute approximate surface area is 129 Å². The van der Waals surface area contributed by atoms with Crippen molar-refractivity contribution in [1.82, 2.24) is 9.78 Å². The lowest BCUT2D eigenvalue weighted by Gasteiger charge is -2.21. The SMILES string of the molecule is COC(=O)Cn1ncc(NCC2(O)CCOC2)c(Br)c1=O. The lowest BCUT2D eigenvalue weighted by Crippen LogP contribution is -2.38. The number of nitrogens with one attached hydrogen (secondary N) is 1. The van der Waals surface area contributed by atoms with Gasteiger partial charge < -0.3 is 19.9 Å². The monoisotopic (exact) mass is 361 g/mol. The molecule has 1 unspecified atom stereocenters. The smallest absolute Gasteiger partial charge is 0.327 e. The van der Waals surface area contributed by atoms with E-state index in [1.165, 1.54) is 13.3 Å². The van der Waals surface area contributed by atoms with Crippen LogP contribution >= 0.6 is 15.9 Å². The van der Waals surface area contributed by atoms with E-state index in [0.29, 0.717) is 18.7 Å². The number of anilines is 1. The molecule has 0 aliphatic carbocycles. The predicted molar refractivity (Wildman–Crippen MR) is 77.1 cm³/mol. The van der Waals surface area contributed by atoms with Gasteiger partial charge in [0, 0.05) is 19.6 Å². The molecule has 0 bridgehead atoms. The van der Waals surface area contributed by atoms with Crippen molar-refractivity contribution < 1.29 is 19.4 Å². The lowest BCUT2D eigenvalue weighted by molar-refractivity contribution is -0.141. The molecule has 2 heterocycles.